The number of aliphatic hydroxyl groups excluding tert-OH is 1. The van der Waals surface area contributed by atoms with E-state index in [1.54, 1.807) is 19.1 Å². The topological polar surface area (TPSA) is 57.6 Å². The van der Waals surface area contributed by atoms with Crippen LogP contribution in [0.15, 0.2) is 30.3 Å². The molecule has 16 heavy (non-hydrogen) atoms. The van der Waals surface area contributed by atoms with Gasteiger partial charge in [0, 0.05) is 13.6 Å². The summed E-state index contributed by atoms with van der Waals surface area (Å²) >= 11 is 0. The van der Waals surface area contributed by atoms with Crippen molar-refractivity contribution in [2.24, 2.45) is 0 Å². The average Bonchev–Trinajstić information content (AvgIpc) is 2.30. The lowest BCUT2D eigenvalue weighted by molar-refractivity contribution is 0.155. The van der Waals surface area contributed by atoms with Gasteiger partial charge in [-0.15, -0.1) is 0 Å². The van der Waals surface area contributed by atoms with Crippen molar-refractivity contribution in [2.75, 3.05) is 19.3 Å². The number of benzene rings is 1. The van der Waals surface area contributed by atoms with E-state index in [9.17, 15) is 13.5 Å². The van der Waals surface area contributed by atoms with Crippen molar-refractivity contribution >= 4 is 10.0 Å². The molecule has 1 rings (SSSR count). The maximum absolute atomic E-state index is 11.5. The first kappa shape index (κ1) is 13.2. The molecule has 1 atom stereocenters. The number of rotatable bonds is 5. The monoisotopic (exact) mass is 243 g/mol. The summed E-state index contributed by atoms with van der Waals surface area (Å²) in [5.41, 5.74) is 0.723. The van der Waals surface area contributed by atoms with Gasteiger partial charge in [-0.05, 0) is 12.5 Å². The molecule has 0 saturated heterocycles. The van der Waals surface area contributed by atoms with Crippen molar-refractivity contribution in [3.8, 4) is 0 Å². The van der Waals surface area contributed by atoms with E-state index < -0.39 is 16.1 Å². The Morgan fingerprint density at radius 3 is 2.38 bits per heavy atom. The van der Waals surface area contributed by atoms with E-state index in [0.717, 1.165) is 5.56 Å². The molecule has 0 spiro atoms. The van der Waals surface area contributed by atoms with Gasteiger partial charge in [0.15, 0.2) is 0 Å². The molecular formula is C11H17NO3S. The highest BCUT2D eigenvalue weighted by Gasteiger charge is 2.19. The van der Waals surface area contributed by atoms with Crippen LogP contribution in [0.2, 0.25) is 0 Å². The average molecular weight is 243 g/mol. The Morgan fingerprint density at radius 1 is 1.31 bits per heavy atom. The third-order valence-corrected chi connectivity index (χ3v) is 4.28. The normalized spacial score (nSPS) is 14.0. The summed E-state index contributed by atoms with van der Waals surface area (Å²) in [6.45, 7) is 1.67. The van der Waals surface area contributed by atoms with E-state index in [4.69, 9.17) is 0 Å². The van der Waals surface area contributed by atoms with Crippen LogP contribution in [0.1, 0.15) is 18.6 Å². The molecule has 0 amide bonds. The molecule has 1 aromatic rings. The molecule has 0 aromatic heterocycles. The summed E-state index contributed by atoms with van der Waals surface area (Å²) in [5.74, 6) is 0.0466. The van der Waals surface area contributed by atoms with Crippen molar-refractivity contribution in [2.45, 2.75) is 13.0 Å². The van der Waals surface area contributed by atoms with E-state index in [-0.39, 0.29) is 12.3 Å². The smallest absolute Gasteiger partial charge is 0.213 e. The lowest BCUT2D eigenvalue weighted by Gasteiger charge is -2.19. The minimum absolute atomic E-state index is 0.0466. The third kappa shape index (κ3) is 3.30. The fourth-order valence-corrected chi connectivity index (χ4v) is 2.17. The van der Waals surface area contributed by atoms with Gasteiger partial charge >= 0.3 is 0 Å². The van der Waals surface area contributed by atoms with Crippen LogP contribution in [0.25, 0.3) is 0 Å². The molecule has 0 saturated carbocycles. The minimum atomic E-state index is -3.23. The summed E-state index contributed by atoms with van der Waals surface area (Å²) in [6.07, 6.45) is -0.785. The van der Waals surface area contributed by atoms with Crippen LogP contribution in [0.4, 0.5) is 0 Å². The van der Waals surface area contributed by atoms with Crippen LogP contribution in [0.5, 0.6) is 0 Å². The van der Waals surface area contributed by atoms with E-state index in [1.807, 2.05) is 18.2 Å². The second-order valence-electron chi connectivity index (χ2n) is 3.61. The molecule has 1 unspecified atom stereocenters. The highest BCUT2D eigenvalue weighted by Crippen LogP contribution is 2.14. The molecule has 0 fully saturated rings. The molecule has 0 bridgehead atoms. The zero-order valence-electron chi connectivity index (χ0n) is 9.50. The van der Waals surface area contributed by atoms with Crippen molar-refractivity contribution in [1.82, 2.24) is 4.31 Å². The molecule has 0 aliphatic heterocycles. The number of likely N-dealkylation sites (N-methyl/N-ethyl adjacent to an activating group) is 1. The zero-order valence-corrected chi connectivity index (χ0v) is 10.3. The second kappa shape index (κ2) is 5.43. The van der Waals surface area contributed by atoms with Crippen LogP contribution < -0.4 is 0 Å². The van der Waals surface area contributed by atoms with Crippen LogP contribution in [-0.2, 0) is 10.0 Å². The van der Waals surface area contributed by atoms with Crippen molar-refractivity contribution in [3.63, 3.8) is 0 Å². The first-order valence-electron chi connectivity index (χ1n) is 5.14. The van der Waals surface area contributed by atoms with Gasteiger partial charge in [-0.2, -0.15) is 0 Å². The third-order valence-electron chi connectivity index (χ3n) is 2.45. The molecule has 1 N–H and O–H groups in total. The first-order chi connectivity index (χ1) is 7.47. The van der Waals surface area contributed by atoms with E-state index in [1.165, 1.54) is 11.4 Å². The van der Waals surface area contributed by atoms with E-state index >= 15 is 0 Å². The molecule has 1 aromatic carbocycles. The maximum atomic E-state index is 11.5. The molecular weight excluding hydrogens is 226 g/mol. The second-order valence-corrected chi connectivity index (χ2v) is 5.97. The van der Waals surface area contributed by atoms with Gasteiger partial charge in [0.25, 0.3) is 0 Å². The number of nitrogens with zero attached hydrogens (tertiary/aromatic N) is 1. The summed E-state index contributed by atoms with van der Waals surface area (Å²) in [4.78, 5) is 0. The van der Waals surface area contributed by atoms with Gasteiger partial charge in [-0.25, -0.2) is 12.7 Å². The van der Waals surface area contributed by atoms with Crippen LogP contribution in [0.3, 0.4) is 0 Å². The fourth-order valence-electron chi connectivity index (χ4n) is 1.36. The molecule has 5 heteroatoms. The van der Waals surface area contributed by atoms with Gasteiger partial charge in [-0.3, -0.25) is 0 Å². The number of aliphatic hydroxyl groups is 1. The Hall–Kier alpha value is -0.910. The van der Waals surface area contributed by atoms with Gasteiger partial charge < -0.3 is 5.11 Å². The summed E-state index contributed by atoms with van der Waals surface area (Å²) in [6, 6.07) is 9.02. The SMILES string of the molecule is CCS(=O)(=O)N(C)CC(O)c1ccccc1. The van der Waals surface area contributed by atoms with Crippen molar-refractivity contribution < 1.29 is 13.5 Å². The Balaban J connectivity index is 2.69. The van der Waals surface area contributed by atoms with Crippen molar-refractivity contribution in [1.29, 1.82) is 0 Å². The van der Waals surface area contributed by atoms with Gasteiger partial charge in [-0.1, -0.05) is 30.3 Å². The van der Waals surface area contributed by atoms with Gasteiger partial charge in [0.2, 0.25) is 10.0 Å². The largest absolute Gasteiger partial charge is 0.387 e. The molecule has 0 aliphatic carbocycles. The van der Waals surface area contributed by atoms with Gasteiger partial charge in [0.05, 0.1) is 11.9 Å². The molecule has 0 heterocycles. The Morgan fingerprint density at radius 2 is 1.88 bits per heavy atom. The number of hydrogen-bond donors (Lipinski definition) is 1. The zero-order chi connectivity index (χ0) is 12.2. The molecule has 4 nitrogen and oxygen atoms in total. The van der Waals surface area contributed by atoms with E-state index in [2.05, 4.69) is 0 Å². The summed E-state index contributed by atoms with van der Waals surface area (Å²) in [5, 5.41) is 9.84. The minimum Gasteiger partial charge on any atom is -0.387 e. The molecule has 0 radical (unpaired) electrons. The molecule has 0 aliphatic rings. The summed E-state index contributed by atoms with van der Waals surface area (Å²) < 4.78 is 24.1. The Labute approximate surface area is 96.6 Å². The highest BCUT2D eigenvalue weighted by molar-refractivity contribution is 7.89. The first-order valence-corrected chi connectivity index (χ1v) is 6.75. The number of sulfonamides is 1. The van der Waals surface area contributed by atoms with E-state index in [0.29, 0.717) is 0 Å². The fraction of sp³-hybridized carbons (Fsp3) is 0.455. The van der Waals surface area contributed by atoms with Crippen LogP contribution >= 0.6 is 0 Å². The number of hydrogen-bond acceptors (Lipinski definition) is 3. The quantitative estimate of drug-likeness (QED) is 0.839. The summed E-state index contributed by atoms with van der Waals surface area (Å²) in [7, 11) is -1.75. The van der Waals surface area contributed by atoms with Gasteiger partial charge in [0.1, 0.15) is 0 Å². The predicted octanol–water partition coefficient (Wildman–Crippen LogP) is 1.00. The standard InChI is InChI=1S/C11H17NO3S/c1-3-16(14,15)12(2)9-11(13)10-7-5-4-6-8-10/h4-8,11,13H,3,9H2,1-2H3. The van der Waals surface area contributed by atoms with Crippen molar-refractivity contribution in [3.05, 3.63) is 35.9 Å². The molecule has 90 valence electrons. The van der Waals surface area contributed by atoms with Crippen LogP contribution in [0, 0.1) is 0 Å². The Kier molecular flexibility index (Phi) is 4.46. The highest BCUT2D eigenvalue weighted by atomic mass is 32.2. The maximum Gasteiger partial charge on any atom is 0.213 e. The predicted molar refractivity (Wildman–Crippen MR) is 63.5 cm³/mol. The lowest BCUT2D eigenvalue weighted by Crippen LogP contribution is -2.32. The lowest BCUT2D eigenvalue weighted by atomic mass is 10.1. The Bertz CT molecular complexity index is 416. The van der Waals surface area contributed by atoms with Crippen LogP contribution in [-0.4, -0.2) is 37.2 Å².